The molecular weight excluding hydrogens is 308 g/mol. The van der Waals surface area contributed by atoms with Gasteiger partial charge in [-0.1, -0.05) is 28.1 Å². The molecule has 0 aliphatic rings. The normalized spacial score (nSPS) is 14.0. The van der Waals surface area contributed by atoms with E-state index in [2.05, 4.69) is 21.2 Å². The number of furan rings is 1. The Kier molecular flexibility index (Phi) is 4.39. The van der Waals surface area contributed by atoms with Crippen molar-refractivity contribution in [3.63, 3.8) is 0 Å². The molecule has 100 valence electrons. The van der Waals surface area contributed by atoms with Gasteiger partial charge >= 0.3 is 0 Å². The zero-order valence-corrected chi connectivity index (χ0v) is 12.1. The fourth-order valence-electron chi connectivity index (χ4n) is 1.90. The minimum absolute atomic E-state index is 0.105. The minimum Gasteiger partial charge on any atom is -0.468 e. The third-order valence-electron chi connectivity index (χ3n) is 2.85. The standard InChI is InChI=1S/C14H15BrN2O2/c1-9(12-6-3-7-19-12)17-13(14(16)18)10-4-2-5-11(15)8-10/h2-9,13,17H,1H3,(H2,16,18)/t9-,13+/m0/s1. The van der Waals surface area contributed by atoms with Gasteiger partial charge in [0.1, 0.15) is 11.8 Å². The molecular formula is C14H15BrN2O2. The van der Waals surface area contributed by atoms with Gasteiger partial charge in [0.05, 0.1) is 12.3 Å². The van der Waals surface area contributed by atoms with Crippen molar-refractivity contribution in [1.82, 2.24) is 5.32 Å². The third kappa shape index (κ3) is 3.45. The predicted octanol–water partition coefficient (Wildman–Crippen LogP) is 2.92. The second kappa shape index (κ2) is 6.04. The highest BCUT2D eigenvalue weighted by atomic mass is 79.9. The van der Waals surface area contributed by atoms with Gasteiger partial charge in [-0.3, -0.25) is 10.1 Å². The molecule has 2 rings (SSSR count). The van der Waals surface area contributed by atoms with Crippen molar-refractivity contribution >= 4 is 21.8 Å². The summed E-state index contributed by atoms with van der Waals surface area (Å²) >= 11 is 3.39. The number of nitrogens with two attached hydrogens (primary N) is 1. The molecule has 1 aromatic carbocycles. The van der Waals surface area contributed by atoms with E-state index in [1.54, 1.807) is 6.26 Å². The van der Waals surface area contributed by atoms with Crippen LogP contribution in [0.4, 0.5) is 0 Å². The number of hydrogen-bond donors (Lipinski definition) is 2. The average molecular weight is 323 g/mol. The van der Waals surface area contributed by atoms with Crippen LogP contribution in [-0.2, 0) is 4.79 Å². The number of carbonyl (C=O) groups is 1. The molecule has 5 heteroatoms. The van der Waals surface area contributed by atoms with Crippen molar-refractivity contribution in [2.24, 2.45) is 5.73 Å². The maximum atomic E-state index is 11.6. The summed E-state index contributed by atoms with van der Waals surface area (Å²) in [6.07, 6.45) is 1.60. The van der Waals surface area contributed by atoms with Crippen LogP contribution in [0.25, 0.3) is 0 Å². The van der Waals surface area contributed by atoms with Gasteiger partial charge in [0.2, 0.25) is 5.91 Å². The molecule has 0 aliphatic heterocycles. The number of hydrogen-bond acceptors (Lipinski definition) is 3. The van der Waals surface area contributed by atoms with Crippen LogP contribution >= 0.6 is 15.9 Å². The fourth-order valence-corrected chi connectivity index (χ4v) is 2.32. The van der Waals surface area contributed by atoms with Gasteiger partial charge in [-0.25, -0.2) is 0 Å². The molecule has 0 fully saturated rings. The highest BCUT2D eigenvalue weighted by Gasteiger charge is 2.21. The van der Waals surface area contributed by atoms with E-state index in [0.29, 0.717) is 0 Å². The van der Waals surface area contributed by atoms with Crippen LogP contribution in [0.15, 0.2) is 51.6 Å². The summed E-state index contributed by atoms with van der Waals surface area (Å²) in [5, 5.41) is 3.17. The van der Waals surface area contributed by atoms with Crippen molar-refractivity contribution in [1.29, 1.82) is 0 Å². The number of rotatable bonds is 5. The Balaban J connectivity index is 2.19. The Morgan fingerprint density at radius 2 is 2.16 bits per heavy atom. The number of carbonyl (C=O) groups excluding carboxylic acids is 1. The Bertz CT molecular complexity index is 554. The van der Waals surface area contributed by atoms with Gasteiger partial charge in [0.25, 0.3) is 0 Å². The van der Waals surface area contributed by atoms with Crippen LogP contribution in [0.1, 0.15) is 30.3 Å². The van der Waals surface area contributed by atoms with Crippen LogP contribution in [0.2, 0.25) is 0 Å². The zero-order chi connectivity index (χ0) is 13.8. The van der Waals surface area contributed by atoms with Crippen LogP contribution in [-0.4, -0.2) is 5.91 Å². The summed E-state index contributed by atoms with van der Waals surface area (Å²) < 4.78 is 6.22. The van der Waals surface area contributed by atoms with Gasteiger partial charge in [0, 0.05) is 4.47 Å². The quantitative estimate of drug-likeness (QED) is 0.889. The summed E-state index contributed by atoms with van der Waals surface area (Å²) in [4.78, 5) is 11.6. The molecule has 19 heavy (non-hydrogen) atoms. The molecule has 3 N–H and O–H groups in total. The summed E-state index contributed by atoms with van der Waals surface area (Å²) in [6, 6.07) is 10.5. The average Bonchev–Trinajstić information content (AvgIpc) is 2.89. The molecule has 2 atom stereocenters. The van der Waals surface area contributed by atoms with E-state index in [4.69, 9.17) is 10.2 Å². The second-order valence-corrected chi connectivity index (χ2v) is 5.21. The SMILES string of the molecule is C[C@H](N[C@@H](C(N)=O)c1cccc(Br)c1)c1ccco1. The summed E-state index contributed by atoms with van der Waals surface area (Å²) in [5.41, 5.74) is 6.29. The number of nitrogens with one attached hydrogen (secondary N) is 1. The van der Waals surface area contributed by atoms with E-state index in [9.17, 15) is 4.79 Å². The van der Waals surface area contributed by atoms with Crippen LogP contribution in [0, 0.1) is 0 Å². The number of halogens is 1. The van der Waals surface area contributed by atoms with E-state index < -0.39 is 11.9 Å². The van der Waals surface area contributed by atoms with Crippen LogP contribution in [0.5, 0.6) is 0 Å². The lowest BCUT2D eigenvalue weighted by Gasteiger charge is -2.20. The molecule has 0 saturated carbocycles. The van der Waals surface area contributed by atoms with Crippen LogP contribution < -0.4 is 11.1 Å². The number of amides is 1. The monoisotopic (exact) mass is 322 g/mol. The Morgan fingerprint density at radius 3 is 2.74 bits per heavy atom. The molecule has 4 nitrogen and oxygen atoms in total. The summed E-state index contributed by atoms with van der Waals surface area (Å²) in [5.74, 6) is 0.345. The van der Waals surface area contributed by atoms with Gasteiger partial charge < -0.3 is 10.2 Å². The first-order chi connectivity index (χ1) is 9.08. The molecule has 1 amide bonds. The van der Waals surface area contributed by atoms with Gasteiger partial charge in [-0.05, 0) is 36.8 Å². The molecule has 1 heterocycles. The second-order valence-electron chi connectivity index (χ2n) is 4.29. The van der Waals surface area contributed by atoms with Gasteiger partial charge in [-0.15, -0.1) is 0 Å². The largest absolute Gasteiger partial charge is 0.468 e. The van der Waals surface area contributed by atoms with Gasteiger partial charge in [0.15, 0.2) is 0 Å². The number of benzene rings is 1. The fraction of sp³-hybridized carbons (Fsp3) is 0.214. The maximum Gasteiger partial charge on any atom is 0.239 e. The molecule has 1 aromatic heterocycles. The molecule has 0 saturated heterocycles. The zero-order valence-electron chi connectivity index (χ0n) is 10.5. The van der Waals surface area contributed by atoms with Crippen molar-refractivity contribution in [3.05, 3.63) is 58.5 Å². The molecule has 0 spiro atoms. The van der Waals surface area contributed by atoms with Crippen molar-refractivity contribution in [3.8, 4) is 0 Å². The minimum atomic E-state index is -0.558. The van der Waals surface area contributed by atoms with Crippen molar-refractivity contribution in [2.45, 2.75) is 19.0 Å². The van der Waals surface area contributed by atoms with Crippen molar-refractivity contribution in [2.75, 3.05) is 0 Å². The van der Waals surface area contributed by atoms with E-state index >= 15 is 0 Å². The van der Waals surface area contributed by atoms with E-state index in [0.717, 1.165) is 15.8 Å². The summed E-state index contributed by atoms with van der Waals surface area (Å²) in [6.45, 7) is 1.92. The molecule has 0 radical (unpaired) electrons. The lowest BCUT2D eigenvalue weighted by atomic mass is 10.1. The van der Waals surface area contributed by atoms with E-state index in [-0.39, 0.29) is 6.04 Å². The topological polar surface area (TPSA) is 68.3 Å². The third-order valence-corrected chi connectivity index (χ3v) is 3.35. The molecule has 0 aliphatic carbocycles. The molecule has 0 unspecified atom stereocenters. The smallest absolute Gasteiger partial charge is 0.239 e. The lowest BCUT2D eigenvalue weighted by molar-refractivity contribution is -0.120. The molecule has 2 aromatic rings. The highest BCUT2D eigenvalue weighted by Crippen LogP contribution is 2.22. The van der Waals surface area contributed by atoms with Crippen LogP contribution in [0.3, 0.4) is 0 Å². The van der Waals surface area contributed by atoms with E-state index in [1.807, 2.05) is 43.3 Å². The van der Waals surface area contributed by atoms with Gasteiger partial charge in [-0.2, -0.15) is 0 Å². The number of primary amides is 1. The Morgan fingerprint density at radius 1 is 1.37 bits per heavy atom. The summed E-state index contributed by atoms with van der Waals surface area (Å²) in [7, 11) is 0. The first-order valence-electron chi connectivity index (χ1n) is 5.92. The highest BCUT2D eigenvalue weighted by molar-refractivity contribution is 9.10. The van der Waals surface area contributed by atoms with Crippen molar-refractivity contribution < 1.29 is 9.21 Å². The van der Waals surface area contributed by atoms with E-state index in [1.165, 1.54) is 0 Å². The lowest BCUT2D eigenvalue weighted by Crippen LogP contribution is -2.35. The Hall–Kier alpha value is -1.59. The predicted molar refractivity (Wildman–Crippen MR) is 76.3 cm³/mol. The Labute approximate surface area is 120 Å². The maximum absolute atomic E-state index is 11.6. The first-order valence-corrected chi connectivity index (χ1v) is 6.71. The first kappa shape index (κ1) is 13.8. The molecule has 0 bridgehead atoms.